The molecular weight excluding hydrogens is 266 g/mol. The number of benzene rings is 1. The van der Waals surface area contributed by atoms with Crippen LogP contribution in [0.15, 0.2) is 22.7 Å². The second-order valence-corrected chi connectivity index (χ2v) is 4.39. The molecule has 3 nitrogen and oxygen atoms in total. The Kier molecular flexibility index (Phi) is 5.30. The van der Waals surface area contributed by atoms with E-state index in [1.807, 2.05) is 12.1 Å². The predicted molar refractivity (Wildman–Crippen MR) is 69.7 cm³/mol. The van der Waals surface area contributed by atoms with Crippen molar-refractivity contribution in [3.05, 3.63) is 28.2 Å². The van der Waals surface area contributed by atoms with Gasteiger partial charge < -0.3 is 5.73 Å². The lowest BCUT2D eigenvalue weighted by atomic mass is 10.2. The molecule has 0 saturated heterocycles. The summed E-state index contributed by atoms with van der Waals surface area (Å²) < 4.78 is 0.963. The van der Waals surface area contributed by atoms with Crippen molar-refractivity contribution in [1.82, 2.24) is 4.90 Å². The highest BCUT2D eigenvalue weighted by molar-refractivity contribution is 9.10. The van der Waals surface area contributed by atoms with Gasteiger partial charge in [-0.3, -0.25) is 4.90 Å². The van der Waals surface area contributed by atoms with Crippen molar-refractivity contribution < 1.29 is 0 Å². The van der Waals surface area contributed by atoms with E-state index in [0.717, 1.165) is 29.8 Å². The Bertz CT molecular complexity index is 384. The van der Waals surface area contributed by atoms with Crippen LogP contribution in [0.2, 0.25) is 0 Å². The van der Waals surface area contributed by atoms with Crippen LogP contribution in [0.25, 0.3) is 0 Å². The summed E-state index contributed by atoms with van der Waals surface area (Å²) in [6.45, 7) is 4.65. The molecular formula is C12H16BrN3. The first-order valence-electron chi connectivity index (χ1n) is 5.31. The number of hydrogen-bond donors (Lipinski definition) is 1. The Labute approximate surface area is 105 Å². The zero-order chi connectivity index (χ0) is 12.0. The monoisotopic (exact) mass is 281 g/mol. The standard InChI is InChI=1S/C12H16BrN3/c1-2-16(8-4-7-14)9-10-5-3-6-11(15)12(10)13/h3,5-6H,2,4,8-9,15H2,1H3. The molecule has 0 saturated carbocycles. The zero-order valence-corrected chi connectivity index (χ0v) is 11.0. The number of anilines is 1. The average molecular weight is 282 g/mol. The van der Waals surface area contributed by atoms with E-state index in [4.69, 9.17) is 11.0 Å². The van der Waals surface area contributed by atoms with E-state index in [9.17, 15) is 0 Å². The summed E-state index contributed by atoms with van der Waals surface area (Å²) in [6, 6.07) is 8.04. The van der Waals surface area contributed by atoms with E-state index in [1.165, 1.54) is 5.56 Å². The minimum absolute atomic E-state index is 0.563. The number of nitrogen functional groups attached to an aromatic ring is 1. The van der Waals surface area contributed by atoms with E-state index in [0.29, 0.717) is 6.42 Å². The molecule has 0 heterocycles. The van der Waals surface area contributed by atoms with Gasteiger partial charge in [-0.05, 0) is 34.1 Å². The van der Waals surface area contributed by atoms with Gasteiger partial charge in [0.25, 0.3) is 0 Å². The maximum atomic E-state index is 8.57. The number of nitriles is 1. The first-order chi connectivity index (χ1) is 7.69. The SMILES string of the molecule is CCN(CCC#N)Cc1cccc(N)c1Br. The van der Waals surface area contributed by atoms with Crippen LogP contribution in [0, 0.1) is 11.3 Å². The summed E-state index contributed by atoms with van der Waals surface area (Å²) >= 11 is 3.49. The van der Waals surface area contributed by atoms with Crippen molar-refractivity contribution in [2.75, 3.05) is 18.8 Å². The fourth-order valence-electron chi connectivity index (χ4n) is 1.52. The molecule has 0 aliphatic rings. The Hall–Kier alpha value is -1.05. The van der Waals surface area contributed by atoms with Crippen LogP contribution in [0.4, 0.5) is 5.69 Å². The van der Waals surface area contributed by atoms with Crippen LogP contribution in [0.3, 0.4) is 0 Å². The van der Waals surface area contributed by atoms with Gasteiger partial charge in [0, 0.05) is 29.7 Å². The van der Waals surface area contributed by atoms with Crippen molar-refractivity contribution in [3.63, 3.8) is 0 Å². The van der Waals surface area contributed by atoms with Crippen molar-refractivity contribution in [1.29, 1.82) is 5.26 Å². The topological polar surface area (TPSA) is 53.0 Å². The molecule has 2 N–H and O–H groups in total. The third-order valence-corrected chi connectivity index (χ3v) is 3.46. The van der Waals surface area contributed by atoms with E-state index in [2.05, 4.69) is 39.9 Å². The molecule has 0 amide bonds. The molecule has 0 bridgehead atoms. The number of hydrogen-bond acceptors (Lipinski definition) is 3. The van der Waals surface area contributed by atoms with E-state index in [-0.39, 0.29) is 0 Å². The molecule has 0 aliphatic heterocycles. The van der Waals surface area contributed by atoms with Gasteiger partial charge >= 0.3 is 0 Å². The van der Waals surface area contributed by atoms with Crippen LogP contribution < -0.4 is 5.73 Å². The largest absolute Gasteiger partial charge is 0.398 e. The normalized spacial score (nSPS) is 10.4. The van der Waals surface area contributed by atoms with Gasteiger partial charge in [0.15, 0.2) is 0 Å². The van der Waals surface area contributed by atoms with Crippen LogP contribution in [-0.4, -0.2) is 18.0 Å². The molecule has 0 aliphatic carbocycles. The Morgan fingerprint density at radius 3 is 2.88 bits per heavy atom. The lowest BCUT2D eigenvalue weighted by Gasteiger charge is -2.20. The smallest absolute Gasteiger partial charge is 0.0635 e. The fraction of sp³-hybridized carbons (Fsp3) is 0.417. The maximum Gasteiger partial charge on any atom is 0.0635 e. The minimum Gasteiger partial charge on any atom is -0.398 e. The molecule has 0 unspecified atom stereocenters. The number of nitrogens with two attached hydrogens (primary N) is 1. The van der Waals surface area contributed by atoms with E-state index < -0.39 is 0 Å². The molecule has 0 spiro atoms. The molecule has 1 aromatic carbocycles. The Morgan fingerprint density at radius 1 is 1.50 bits per heavy atom. The molecule has 1 aromatic rings. The maximum absolute atomic E-state index is 8.57. The first kappa shape index (κ1) is 13.0. The third-order valence-electron chi connectivity index (χ3n) is 2.49. The van der Waals surface area contributed by atoms with Gasteiger partial charge in [0.1, 0.15) is 0 Å². The highest BCUT2D eigenvalue weighted by Crippen LogP contribution is 2.24. The van der Waals surface area contributed by atoms with Gasteiger partial charge in [-0.25, -0.2) is 0 Å². The van der Waals surface area contributed by atoms with Crippen molar-refractivity contribution >= 4 is 21.6 Å². The second-order valence-electron chi connectivity index (χ2n) is 3.60. The van der Waals surface area contributed by atoms with Gasteiger partial charge in [-0.15, -0.1) is 0 Å². The highest BCUT2D eigenvalue weighted by atomic mass is 79.9. The van der Waals surface area contributed by atoms with Crippen LogP contribution in [0.5, 0.6) is 0 Å². The van der Waals surface area contributed by atoms with Crippen molar-refractivity contribution in [2.45, 2.75) is 19.9 Å². The number of rotatable bonds is 5. The average Bonchev–Trinajstić information content (AvgIpc) is 2.30. The summed E-state index contributed by atoms with van der Waals surface area (Å²) in [7, 11) is 0. The van der Waals surface area contributed by atoms with E-state index >= 15 is 0 Å². The van der Waals surface area contributed by atoms with Crippen LogP contribution >= 0.6 is 15.9 Å². The van der Waals surface area contributed by atoms with Crippen molar-refractivity contribution in [2.24, 2.45) is 0 Å². The molecule has 4 heteroatoms. The molecule has 16 heavy (non-hydrogen) atoms. The van der Waals surface area contributed by atoms with E-state index in [1.54, 1.807) is 0 Å². The quantitative estimate of drug-likeness (QED) is 0.845. The summed E-state index contributed by atoms with van der Waals surface area (Å²) in [5.74, 6) is 0. The zero-order valence-electron chi connectivity index (χ0n) is 9.41. The summed E-state index contributed by atoms with van der Waals surface area (Å²) in [5.41, 5.74) is 7.74. The number of nitrogens with zero attached hydrogens (tertiary/aromatic N) is 2. The summed E-state index contributed by atoms with van der Waals surface area (Å²) in [6.07, 6.45) is 0.563. The molecule has 1 rings (SSSR count). The third kappa shape index (κ3) is 3.51. The molecule has 0 atom stereocenters. The molecule has 0 fully saturated rings. The lowest BCUT2D eigenvalue weighted by molar-refractivity contribution is 0.286. The Balaban J connectivity index is 2.71. The van der Waals surface area contributed by atoms with Crippen LogP contribution in [-0.2, 0) is 6.54 Å². The molecule has 0 radical (unpaired) electrons. The van der Waals surface area contributed by atoms with Crippen LogP contribution in [0.1, 0.15) is 18.9 Å². The fourth-order valence-corrected chi connectivity index (χ4v) is 1.91. The second kappa shape index (κ2) is 6.51. The highest BCUT2D eigenvalue weighted by Gasteiger charge is 2.07. The molecule has 0 aromatic heterocycles. The number of halogens is 1. The van der Waals surface area contributed by atoms with Gasteiger partial charge in [-0.2, -0.15) is 5.26 Å². The summed E-state index contributed by atoms with van der Waals surface area (Å²) in [4.78, 5) is 2.22. The van der Waals surface area contributed by atoms with Gasteiger partial charge in [-0.1, -0.05) is 19.1 Å². The minimum atomic E-state index is 0.563. The summed E-state index contributed by atoms with van der Waals surface area (Å²) in [5, 5.41) is 8.57. The molecule has 86 valence electrons. The Morgan fingerprint density at radius 2 is 2.25 bits per heavy atom. The van der Waals surface area contributed by atoms with Gasteiger partial charge in [0.05, 0.1) is 6.07 Å². The van der Waals surface area contributed by atoms with Crippen molar-refractivity contribution in [3.8, 4) is 6.07 Å². The predicted octanol–water partition coefficient (Wildman–Crippen LogP) is 2.77. The van der Waals surface area contributed by atoms with Gasteiger partial charge in [0.2, 0.25) is 0 Å². The lowest BCUT2D eigenvalue weighted by Crippen LogP contribution is -2.24. The first-order valence-corrected chi connectivity index (χ1v) is 6.10.